The Balaban J connectivity index is 1.66. The first-order valence-corrected chi connectivity index (χ1v) is 9.15. The van der Waals surface area contributed by atoms with Crippen LogP contribution in [-0.4, -0.2) is 28.2 Å². The van der Waals surface area contributed by atoms with Crippen molar-refractivity contribution in [3.63, 3.8) is 0 Å². The number of carbonyl (C=O) groups is 2. The fourth-order valence-corrected chi connectivity index (χ4v) is 2.80. The van der Waals surface area contributed by atoms with E-state index in [2.05, 4.69) is 4.74 Å². The summed E-state index contributed by atoms with van der Waals surface area (Å²) in [6, 6.07) is 16.9. The van der Waals surface area contributed by atoms with E-state index in [4.69, 9.17) is 4.74 Å². The van der Waals surface area contributed by atoms with E-state index < -0.39 is 29.7 Å². The molecule has 0 aliphatic heterocycles. The molecule has 0 bridgehead atoms. The number of methoxy groups -OCH3 is 1. The molecule has 0 amide bonds. The van der Waals surface area contributed by atoms with E-state index >= 15 is 0 Å². The quantitative estimate of drug-likeness (QED) is 0.551. The molecule has 0 radical (unpaired) electrons. The van der Waals surface area contributed by atoms with Gasteiger partial charge in [-0.1, -0.05) is 42.5 Å². The molecule has 0 aliphatic rings. The van der Waals surface area contributed by atoms with Crippen molar-refractivity contribution in [2.24, 2.45) is 0 Å². The lowest BCUT2D eigenvalue weighted by atomic mass is 10.1. The third-order valence-electron chi connectivity index (χ3n) is 4.40. The molecule has 8 heteroatoms. The summed E-state index contributed by atoms with van der Waals surface area (Å²) in [5.74, 6) is -1.18. The summed E-state index contributed by atoms with van der Waals surface area (Å²) in [4.78, 5) is 48.3. The van der Waals surface area contributed by atoms with Gasteiger partial charge < -0.3 is 9.47 Å². The lowest BCUT2D eigenvalue weighted by Crippen LogP contribution is -2.41. The number of benzene rings is 2. The molecule has 8 nitrogen and oxygen atoms in total. The molecule has 0 saturated carbocycles. The largest absolute Gasteiger partial charge is 0.465 e. The highest BCUT2D eigenvalue weighted by atomic mass is 16.5. The molecular weight excluding hydrogens is 388 g/mol. The van der Waals surface area contributed by atoms with Gasteiger partial charge in [0.15, 0.2) is 0 Å². The van der Waals surface area contributed by atoms with Crippen molar-refractivity contribution in [1.82, 2.24) is 9.13 Å². The van der Waals surface area contributed by atoms with Crippen molar-refractivity contribution in [1.29, 1.82) is 0 Å². The van der Waals surface area contributed by atoms with Gasteiger partial charge in [-0.05, 0) is 23.3 Å². The number of aromatic nitrogens is 2. The first-order chi connectivity index (χ1) is 14.5. The molecule has 0 atom stereocenters. The summed E-state index contributed by atoms with van der Waals surface area (Å²) in [5.41, 5.74) is 0.748. The van der Waals surface area contributed by atoms with Gasteiger partial charge in [0.1, 0.15) is 13.2 Å². The second-order valence-electron chi connectivity index (χ2n) is 6.49. The van der Waals surface area contributed by atoms with Gasteiger partial charge in [0, 0.05) is 12.3 Å². The van der Waals surface area contributed by atoms with E-state index in [9.17, 15) is 19.2 Å². The van der Waals surface area contributed by atoms with Crippen LogP contribution in [0.4, 0.5) is 0 Å². The number of ether oxygens (including phenoxy) is 2. The van der Waals surface area contributed by atoms with Crippen LogP contribution in [-0.2, 0) is 34.0 Å². The average molecular weight is 408 g/mol. The third-order valence-corrected chi connectivity index (χ3v) is 4.40. The molecule has 154 valence electrons. The first-order valence-electron chi connectivity index (χ1n) is 9.15. The molecule has 1 heterocycles. The normalized spacial score (nSPS) is 10.4. The van der Waals surface area contributed by atoms with Crippen molar-refractivity contribution < 1.29 is 19.1 Å². The number of rotatable bonds is 7. The summed E-state index contributed by atoms with van der Waals surface area (Å²) in [6.45, 7) is -0.269. The number of hydrogen-bond donors (Lipinski definition) is 0. The topological polar surface area (TPSA) is 96.6 Å². The van der Waals surface area contributed by atoms with Crippen LogP contribution in [0.1, 0.15) is 21.5 Å². The summed E-state index contributed by atoms with van der Waals surface area (Å²) >= 11 is 0. The molecule has 1 aromatic heterocycles. The lowest BCUT2D eigenvalue weighted by molar-refractivity contribution is -0.145. The van der Waals surface area contributed by atoms with Gasteiger partial charge in [0.25, 0.3) is 5.56 Å². The van der Waals surface area contributed by atoms with Gasteiger partial charge in [-0.25, -0.2) is 14.2 Å². The van der Waals surface area contributed by atoms with E-state index in [0.29, 0.717) is 11.1 Å². The Kier molecular flexibility index (Phi) is 6.59. The maximum absolute atomic E-state index is 12.6. The zero-order valence-corrected chi connectivity index (χ0v) is 16.3. The molecular formula is C22H20N2O6. The fourth-order valence-electron chi connectivity index (χ4n) is 2.80. The van der Waals surface area contributed by atoms with Crippen LogP contribution in [0, 0.1) is 0 Å². The second-order valence-corrected chi connectivity index (χ2v) is 6.49. The van der Waals surface area contributed by atoms with Gasteiger partial charge in [-0.2, -0.15) is 0 Å². The maximum atomic E-state index is 12.6. The highest BCUT2D eigenvalue weighted by Gasteiger charge is 2.12. The summed E-state index contributed by atoms with van der Waals surface area (Å²) in [6.07, 6.45) is 1.41. The van der Waals surface area contributed by atoms with Crippen LogP contribution in [0.5, 0.6) is 0 Å². The Morgan fingerprint density at radius 1 is 0.900 bits per heavy atom. The molecule has 0 spiro atoms. The van der Waals surface area contributed by atoms with Crippen LogP contribution in [0.15, 0.2) is 76.4 Å². The van der Waals surface area contributed by atoms with Crippen LogP contribution in [0.2, 0.25) is 0 Å². The minimum atomic E-state index is -0.719. The van der Waals surface area contributed by atoms with E-state index in [0.717, 1.165) is 10.1 Å². The van der Waals surface area contributed by atoms with Crippen molar-refractivity contribution in [3.8, 4) is 0 Å². The van der Waals surface area contributed by atoms with E-state index in [1.165, 1.54) is 23.9 Å². The second kappa shape index (κ2) is 9.51. The van der Waals surface area contributed by atoms with Crippen molar-refractivity contribution in [2.45, 2.75) is 19.7 Å². The molecule has 2 aromatic carbocycles. The standard InChI is InChI=1S/C22H20N2O6/c1-29-21(27)18-9-7-17(8-10-18)15-30-20(26)14-24-19(25)11-12-23(22(24)28)13-16-5-3-2-4-6-16/h2-12H,13-15H2,1H3. The maximum Gasteiger partial charge on any atom is 0.337 e. The number of nitrogens with zero attached hydrogens (tertiary/aromatic N) is 2. The lowest BCUT2D eigenvalue weighted by Gasteiger charge is -2.10. The Bertz CT molecular complexity index is 1150. The zero-order valence-electron chi connectivity index (χ0n) is 16.3. The minimum absolute atomic E-state index is 0.0555. The van der Waals surface area contributed by atoms with Crippen molar-refractivity contribution >= 4 is 11.9 Å². The molecule has 0 unspecified atom stereocenters. The van der Waals surface area contributed by atoms with Gasteiger partial charge in [0.05, 0.1) is 19.2 Å². The predicted octanol–water partition coefficient (Wildman–Crippen LogP) is 1.59. The predicted molar refractivity (Wildman–Crippen MR) is 108 cm³/mol. The minimum Gasteiger partial charge on any atom is -0.465 e. The van der Waals surface area contributed by atoms with Gasteiger partial charge in [-0.3, -0.25) is 14.2 Å². The Morgan fingerprint density at radius 2 is 1.60 bits per heavy atom. The van der Waals surface area contributed by atoms with Crippen LogP contribution in [0.3, 0.4) is 0 Å². The van der Waals surface area contributed by atoms with Crippen molar-refractivity contribution in [3.05, 3.63) is 104 Å². The first kappa shape index (κ1) is 20.8. The highest BCUT2D eigenvalue weighted by Crippen LogP contribution is 2.07. The van der Waals surface area contributed by atoms with Crippen LogP contribution < -0.4 is 11.2 Å². The summed E-state index contributed by atoms with van der Waals surface area (Å²) in [5, 5.41) is 0. The van der Waals surface area contributed by atoms with Crippen LogP contribution in [0.25, 0.3) is 0 Å². The molecule has 0 N–H and O–H groups in total. The Labute approximate surface area is 171 Å². The number of esters is 2. The van der Waals surface area contributed by atoms with Gasteiger partial charge in [0.2, 0.25) is 0 Å². The Morgan fingerprint density at radius 3 is 2.27 bits per heavy atom. The SMILES string of the molecule is COC(=O)c1ccc(COC(=O)Cn2c(=O)ccn(Cc3ccccc3)c2=O)cc1. The molecule has 0 aliphatic carbocycles. The van der Waals surface area contributed by atoms with Gasteiger partial charge in [-0.15, -0.1) is 0 Å². The molecule has 3 aromatic rings. The third kappa shape index (κ3) is 5.11. The van der Waals surface area contributed by atoms with Gasteiger partial charge >= 0.3 is 17.6 Å². The van der Waals surface area contributed by atoms with E-state index in [-0.39, 0.29) is 13.2 Å². The monoisotopic (exact) mass is 408 g/mol. The summed E-state index contributed by atoms with van der Waals surface area (Å²) in [7, 11) is 1.29. The molecule has 0 fully saturated rings. The Hall–Kier alpha value is -3.94. The molecule has 0 saturated heterocycles. The van der Waals surface area contributed by atoms with E-state index in [1.807, 2.05) is 30.3 Å². The molecule has 30 heavy (non-hydrogen) atoms. The number of hydrogen-bond acceptors (Lipinski definition) is 6. The number of carbonyl (C=O) groups excluding carboxylic acids is 2. The van der Waals surface area contributed by atoms with Crippen molar-refractivity contribution in [2.75, 3.05) is 7.11 Å². The zero-order chi connectivity index (χ0) is 21.5. The average Bonchev–Trinajstić information content (AvgIpc) is 2.77. The fraction of sp³-hybridized carbons (Fsp3) is 0.182. The van der Waals surface area contributed by atoms with Crippen LogP contribution >= 0.6 is 0 Å². The summed E-state index contributed by atoms with van der Waals surface area (Å²) < 4.78 is 12.0. The smallest absolute Gasteiger partial charge is 0.337 e. The highest BCUT2D eigenvalue weighted by molar-refractivity contribution is 5.89. The van der Waals surface area contributed by atoms with E-state index in [1.54, 1.807) is 24.3 Å². The molecule has 3 rings (SSSR count).